The van der Waals surface area contributed by atoms with Crippen molar-refractivity contribution in [2.45, 2.75) is 10.6 Å². The Morgan fingerprint density at radius 2 is 2.00 bits per heavy atom. The molecular weight excluding hydrogens is 249 g/mol. The predicted octanol–water partition coefficient (Wildman–Crippen LogP) is 3.71. The van der Waals surface area contributed by atoms with E-state index in [1.165, 1.54) is 23.9 Å². The van der Waals surface area contributed by atoms with Gasteiger partial charge in [0.25, 0.3) is 0 Å². The minimum atomic E-state index is -0.272. The van der Waals surface area contributed by atoms with Crippen LogP contribution in [0.5, 0.6) is 5.75 Å². The van der Waals surface area contributed by atoms with Crippen molar-refractivity contribution < 1.29 is 9.13 Å². The lowest BCUT2D eigenvalue weighted by atomic mass is 10.2. The van der Waals surface area contributed by atoms with Crippen molar-refractivity contribution in [2.24, 2.45) is 0 Å². The molecule has 0 aliphatic rings. The van der Waals surface area contributed by atoms with Crippen LogP contribution in [0.3, 0.4) is 0 Å². The average Bonchev–Trinajstić information content (AvgIpc) is 2.40. The van der Waals surface area contributed by atoms with Gasteiger partial charge in [0.05, 0.1) is 7.11 Å². The molecule has 0 saturated carbocycles. The van der Waals surface area contributed by atoms with Gasteiger partial charge in [-0.2, -0.15) is 0 Å². The van der Waals surface area contributed by atoms with Crippen molar-refractivity contribution in [3.8, 4) is 5.75 Å². The monoisotopic (exact) mass is 263 g/mol. The standard InChI is InChI=1S/C14H14FNOS/c1-17-13-5-3-2-4-10(13)9-18-14-8-11(15)6-7-12(14)16/h2-8H,9,16H2,1H3. The Kier molecular flexibility index (Phi) is 4.10. The van der Waals surface area contributed by atoms with Gasteiger partial charge in [-0.25, -0.2) is 4.39 Å². The minimum Gasteiger partial charge on any atom is -0.496 e. The van der Waals surface area contributed by atoms with Crippen LogP contribution in [0.1, 0.15) is 5.56 Å². The Morgan fingerprint density at radius 3 is 2.78 bits per heavy atom. The summed E-state index contributed by atoms with van der Waals surface area (Å²) in [5.74, 6) is 1.25. The summed E-state index contributed by atoms with van der Waals surface area (Å²) in [6, 6.07) is 12.2. The Bertz CT molecular complexity index is 545. The normalized spacial score (nSPS) is 10.3. The van der Waals surface area contributed by atoms with E-state index in [9.17, 15) is 4.39 Å². The highest BCUT2D eigenvalue weighted by Crippen LogP contribution is 2.31. The second-order valence-electron chi connectivity index (χ2n) is 3.78. The highest BCUT2D eigenvalue weighted by atomic mass is 32.2. The van der Waals surface area contributed by atoms with Crippen LogP contribution in [0.4, 0.5) is 10.1 Å². The second-order valence-corrected chi connectivity index (χ2v) is 4.80. The minimum absolute atomic E-state index is 0.272. The van der Waals surface area contributed by atoms with Gasteiger partial charge in [0.2, 0.25) is 0 Å². The molecule has 18 heavy (non-hydrogen) atoms. The van der Waals surface area contributed by atoms with Gasteiger partial charge < -0.3 is 10.5 Å². The van der Waals surface area contributed by atoms with E-state index in [0.29, 0.717) is 11.4 Å². The predicted molar refractivity (Wildman–Crippen MR) is 73.4 cm³/mol. The van der Waals surface area contributed by atoms with Crippen molar-refractivity contribution in [1.82, 2.24) is 0 Å². The molecular formula is C14H14FNOS. The number of nitrogen functional groups attached to an aromatic ring is 1. The molecule has 0 spiro atoms. The van der Waals surface area contributed by atoms with Crippen LogP contribution in [0.2, 0.25) is 0 Å². The van der Waals surface area contributed by atoms with E-state index in [4.69, 9.17) is 10.5 Å². The summed E-state index contributed by atoms with van der Waals surface area (Å²) in [5, 5.41) is 0. The van der Waals surface area contributed by atoms with Crippen LogP contribution in [0.25, 0.3) is 0 Å². The molecule has 2 rings (SSSR count). The molecule has 2 nitrogen and oxygen atoms in total. The molecule has 0 atom stereocenters. The lowest BCUT2D eigenvalue weighted by molar-refractivity contribution is 0.411. The summed E-state index contributed by atoms with van der Waals surface area (Å²) in [4.78, 5) is 0.751. The van der Waals surface area contributed by atoms with Crippen LogP contribution >= 0.6 is 11.8 Å². The number of halogens is 1. The second kappa shape index (κ2) is 5.78. The number of benzene rings is 2. The first-order valence-corrected chi connectivity index (χ1v) is 6.49. The number of anilines is 1. The van der Waals surface area contributed by atoms with Gasteiger partial charge in [-0.3, -0.25) is 0 Å². The first-order valence-electron chi connectivity index (χ1n) is 5.50. The van der Waals surface area contributed by atoms with Crippen molar-refractivity contribution >= 4 is 17.4 Å². The maximum Gasteiger partial charge on any atom is 0.124 e. The van der Waals surface area contributed by atoms with E-state index < -0.39 is 0 Å². The summed E-state index contributed by atoms with van der Waals surface area (Å²) in [5.41, 5.74) is 7.46. The number of thioether (sulfide) groups is 1. The molecule has 0 saturated heterocycles. The zero-order valence-corrected chi connectivity index (χ0v) is 10.8. The van der Waals surface area contributed by atoms with E-state index in [0.717, 1.165) is 16.2 Å². The fourth-order valence-electron chi connectivity index (χ4n) is 1.61. The number of ether oxygens (including phenoxy) is 1. The molecule has 0 fully saturated rings. The maximum absolute atomic E-state index is 13.1. The Morgan fingerprint density at radius 1 is 1.22 bits per heavy atom. The van der Waals surface area contributed by atoms with E-state index in [2.05, 4.69) is 0 Å². The van der Waals surface area contributed by atoms with Gasteiger partial charge >= 0.3 is 0 Å². The fraction of sp³-hybridized carbons (Fsp3) is 0.143. The number of methoxy groups -OCH3 is 1. The van der Waals surface area contributed by atoms with Gasteiger partial charge in [0.1, 0.15) is 11.6 Å². The van der Waals surface area contributed by atoms with E-state index >= 15 is 0 Å². The van der Waals surface area contributed by atoms with Gasteiger partial charge in [-0.05, 0) is 24.3 Å². The first kappa shape index (κ1) is 12.8. The Balaban J connectivity index is 2.14. The lowest BCUT2D eigenvalue weighted by Crippen LogP contribution is -1.92. The van der Waals surface area contributed by atoms with Crippen molar-refractivity contribution in [2.75, 3.05) is 12.8 Å². The SMILES string of the molecule is COc1ccccc1CSc1cc(F)ccc1N. The molecule has 2 aromatic rings. The fourth-order valence-corrected chi connectivity index (χ4v) is 2.59. The molecule has 0 amide bonds. The number of rotatable bonds is 4. The molecule has 2 aromatic carbocycles. The number of hydrogen-bond donors (Lipinski definition) is 1. The molecule has 0 radical (unpaired) electrons. The Hall–Kier alpha value is -1.68. The number of para-hydroxylation sites is 1. The van der Waals surface area contributed by atoms with Gasteiger partial charge in [0, 0.05) is 21.9 Å². The summed E-state index contributed by atoms with van der Waals surface area (Å²) < 4.78 is 18.4. The summed E-state index contributed by atoms with van der Waals surface area (Å²) in [6.07, 6.45) is 0. The maximum atomic E-state index is 13.1. The quantitative estimate of drug-likeness (QED) is 0.674. The van der Waals surface area contributed by atoms with Crippen LogP contribution in [0, 0.1) is 5.82 Å². The molecule has 0 bridgehead atoms. The molecule has 0 unspecified atom stereocenters. The molecule has 0 aliphatic carbocycles. The van der Waals surface area contributed by atoms with Crippen LogP contribution in [-0.4, -0.2) is 7.11 Å². The largest absolute Gasteiger partial charge is 0.496 e. The summed E-state index contributed by atoms with van der Waals surface area (Å²) >= 11 is 1.50. The third kappa shape index (κ3) is 2.96. The highest BCUT2D eigenvalue weighted by Gasteiger charge is 2.05. The molecule has 4 heteroatoms. The lowest BCUT2D eigenvalue weighted by Gasteiger charge is -2.09. The smallest absolute Gasteiger partial charge is 0.124 e. The summed E-state index contributed by atoms with van der Waals surface area (Å²) in [6.45, 7) is 0. The van der Waals surface area contributed by atoms with Crippen molar-refractivity contribution in [3.05, 3.63) is 53.8 Å². The third-order valence-corrected chi connectivity index (χ3v) is 3.67. The van der Waals surface area contributed by atoms with E-state index in [1.54, 1.807) is 13.2 Å². The third-order valence-electron chi connectivity index (χ3n) is 2.55. The molecule has 0 aromatic heterocycles. The van der Waals surface area contributed by atoms with Gasteiger partial charge in [-0.1, -0.05) is 18.2 Å². The highest BCUT2D eigenvalue weighted by molar-refractivity contribution is 7.98. The molecule has 0 heterocycles. The topological polar surface area (TPSA) is 35.2 Å². The van der Waals surface area contributed by atoms with Gasteiger partial charge in [-0.15, -0.1) is 11.8 Å². The first-order chi connectivity index (χ1) is 8.70. The molecule has 0 aliphatic heterocycles. The van der Waals surface area contributed by atoms with Crippen molar-refractivity contribution in [1.29, 1.82) is 0 Å². The van der Waals surface area contributed by atoms with Crippen molar-refractivity contribution in [3.63, 3.8) is 0 Å². The van der Waals surface area contributed by atoms with Crippen LogP contribution in [0.15, 0.2) is 47.4 Å². The van der Waals surface area contributed by atoms with E-state index in [-0.39, 0.29) is 5.82 Å². The van der Waals surface area contributed by atoms with Crippen LogP contribution in [-0.2, 0) is 5.75 Å². The van der Waals surface area contributed by atoms with E-state index in [1.807, 2.05) is 24.3 Å². The number of hydrogen-bond acceptors (Lipinski definition) is 3. The van der Waals surface area contributed by atoms with Crippen LogP contribution < -0.4 is 10.5 Å². The molecule has 2 N–H and O–H groups in total. The summed E-state index contributed by atoms with van der Waals surface area (Å²) in [7, 11) is 1.64. The number of nitrogens with two attached hydrogens (primary N) is 1. The zero-order valence-electron chi connectivity index (χ0n) is 10.0. The average molecular weight is 263 g/mol. The van der Waals surface area contributed by atoms with Gasteiger partial charge in [0.15, 0.2) is 0 Å². The Labute approximate surface area is 110 Å². The molecule has 94 valence electrons. The zero-order chi connectivity index (χ0) is 13.0.